The average molecular weight is 673 g/mol. The molecular formula is C35H40N6O4S2. The van der Waals surface area contributed by atoms with E-state index < -0.39 is 0 Å². The number of thiazole rings is 1. The number of aromatic nitrogens is 1. The number of hydrogen-bond acceptors (Lipinski definition) is 11. The molecule has 0 bridgehead atoms. The minimum absolute atomic E-state index is 0.145. The van der Waals surface area contributed by atoms with Crippen molar-refractivity contribution < 1.29 is 19.1 Å². The number of unbranched alkanes of at least 4 members (excludes halogenated alkanes) is 5. The number of esters is 1. The standard InChI is InChI=1S/C35H40N6O4S2/c1-4-32(42)41(6-3)29-19-17-28(18-20-29)38-40-35-36-34-30(46-35)25-31(47-34)39-37-27-15-13-26(14-16-27)21-24-44-22-11-9-7-8-10-12-23-45-33(43)5-2/h4-5,13-20,25H,1-2,6-12,21-24H2,3H3. The van der Waals surface area contributed by atoms with Crippen LogP contribution in [0.5, 0.6) is 0 Å². The van der Waals surface area contributed by atoms with Crippen LogP contribution < -0.4 is 4.90 Å². The molecule has 2 heterocycles. The Morgan fingerprint density at radius 1 is 0.809 bits per heavy atom. The number of anilines is 1. The highest BCUT2D eigenvalue weighted by molar-refractivity contribution is 7.30. The third-order valence-corrected chi connectivity index (χ3v) is 8.99. The normalized spacial score (nSPS) is 11.4. The molecule has 4 aromatic rings. The maximum Gasteiger partial charge on any atom is 0.330 e. The lowest BCUT2D eigenvalue weighted by Gasteiger charge is -2.18. The maximum atomic E-state index is 12.0. The van der Waals surface area contributed by atoms with Gasteiger partial charge in [-0.3, -0.25) is 4.79 Å². The van der Waals surface area contributed by atoms with Gasteiger partial charge in [-0.1, -0.05) is 73.6 Å². The minimum atomic E-state index is -0.349. The number of carbonyl (C=O) groups excluding carboxylic acids is 2. The van der Waals surface area contributed by atoms with E-state index in [0.717, 1.165) is 71.0 Å². The number of carbonyl (C=O) groups is 2. The summed E-state index contributed by atoms with van der Waals surface area (Å²) in [5.74, 6) is -0.495. The van der Waals surface area contributed by atoms with Crippen molar-refractivity contribution in [3.8, 4) is 0 Å². The molecule has 0 spiro atoms. The van der Waals surface area contributed by atoms with E-state index in [1.165, 1.54) is 46.8 Å². The van der Waals surface area contributed by atoms with Crippen LogP contribution >= 0.6 is 22.7 Å². The predicted molar refractivity (Wildman–Crippen MR) is 190 cm³/mol. The van der Waals surface area contributed by atoms with Crippen molar-refractivity contribution in [2.45, 2.75) is 51.9 Å². The zero-order valence-corrected chi connectivity index (χ0v) is 28.3. The van der Waals surface area contributed by atoms with Crippen molar-refractivity contribution >= 4 is 71.3 Å². The van der Waals surface area contributed by atoms with Crippen molar-refractivity contribution in [1.29, 1.82) is 0 Å². The lowest BCUT2D eigenvalue weighted by molar-refractivity contribution is -0.137. The van der Waals surface area contributed by atoms with Crippen LogP contribution in [0.25, 0.3) is 9.53 Å². The second kappa shape index (κ2) is 19.3. The first-order valence-corrected chi connectivity index (χ1v) is 17.4. The number of ether oxygens (including phenoxy) is 2. The number of thiophene rings is 1. The number of hydrogen-bond donors (Lipinski definition) is 0. The molecule has 47 heavy (non-hydrogen) atoms. The van der Waals surface area contributed by atoms with E-state index in [2.05, 4.69) is 50.7 Å². The number of nitrogens with zero attached hydrogens (tertiary/aromatic N) is 6. The molecule has 1 amide bonds. The van der Waals surface area contributed by atoms with Crippen molar-refractivity contribution in [2.75, 3.05) is 31.3 Å². The Balaban J connectivity index is 1.14. The molecule has 2 aromatic heterocycles. The van der Waals surface area contributed by atoms with Gasteiger partial charge in [-0.05, 0) is 80.3 Å². The van der Waals surface area contributed by atoms with Crippen molar-refractivity contribution in [3.05, 3.63) is 85.5 Å². The van der Waals surface area contributed by atoms with E-state index in [9.17, 15) is 9.59 Å². The summed E-state index contributed by atoms with van der Waals surface area (Å²) in [6, 6.07) is 17.3. The predicted octanol–water partition coefficient (Wildman–Crippen LogP) is 10.4. The summed E-state index contributed by atoms with van der Waals surface area (Å²) in [5, 5.41) is 18.7. The monoisotopic (exact) mass is 672 g/mol. The van der Waals surface area contributed by atoms with Crippen molar-refractivity contribution in [3.63, 3.8) is 0 Å². The van der Waals surface area contributed by atoms with Gasteiger partial charge in [0.25, 0.3) is 0 Å². The molecule has 12 heteroatoms. The number of rotatable bonds is 20. The lowest BCUT2D eigenvalue weighted by atomic mass is 10.1. The van der Waals surface area contributed by atoms with Gasteiger partial charge in [0.2, 0.25) is 11.0 Å². The molecule has 0 fully saturated rings. The smallest absolute Gasteiger partial charge is 0.330 e. The second-order valence-corrected chi connectivity index (χ2v) is 12.5. The number of amides is 1. The van der Waals surface area contributed by atoms with Crippen LogP contribution in [0.15, 0.2) is 100 Å². The van der Waals surface area contributed by atoms with E-state index in [1.807, 2.05) is 49.4 Å². The summed E-state index contributed by atoms with van der Waals surface area (Å²) in [7, 11) is 0. The minimum Gasteiger partial charge on any atom is -0.463 e. The van der Waals surface area contributed by atoms with Crippen LogP contribution in [0.3, 0.4) is 0 Å². The highest BCUT2D eigenvalue weighted by Crippen LogP contribution is 2.39. The quantitative estimate of drug-likeness (QED) is 0.0401. The van der Waals surface area contributed by atoms with E-state index in [1.54, 1.807) is 4.90 Å². The molecule has 0 unspecified atom stereocenters. The van der Waals surface area contributed by atoms with Gasteiger partial charge < -0.3 is 14.4 Å². The van der Waals surface area contributed by atoms with Gasteiger partial charge >= 0.3 is 5.97 Å². The number of fused-ring (bicyclic) bond motifs is 1. The SMILES string of the molecule is C=CC(=O)OCCCCCCCCOCCc1ccc(N=Nc2cc3sc(N=Nc4ccc(N(CC)C(=O)C=C)cc4)nc3s2)cc1. The molecule has 4 rings (SSSR count). The summed E-state index contributed by atoms with van der Waals surface area (Å²) in [6.07, 6.45) is 9.83. The molecule has 0 atom stereocenters. The first-order chi connectivity index (χ1) is 23.0. The van der Waals surface area contributed by atoms with E-state index in [-0.39, 0.29) is 11.9 Å². The fraction of sp³-hybridized carbons (Fsp3) is 0.343. The Hall–Kier alpha value is -4.39. The molecule has 10 nitrogen and oxygen atoms in total. The summed E-state index contributed by atoms with van der Waals surface area (Å²) >= 11 is 2.90. The summed E-state index contributed by atoms with van der Waals surface area (Å²) < 4.78 is 11.8. The lowest BCUT2D eigenvalue weighted by Crippen LogP contribution is -2.28. The van der Waals surface area contributed by atoms with Gasteiger partial charge in [0, 0.05) is 24.9 Å². The zero-order valence-electron chi connectivity index (χ0n) is 26.7. The Morgan fingerprint density at radius 2 is 1.47 bits per heavy atom. The fourth-order valence-corrected chi connectivity index (χ4v) is 6.40. The van der Waals surface area contributed by atoms with Crippen LogP contribution in [-0.2, 0) is 25.5 Å². The van der Waals surface area contributed by atoms with E-state index in [0.29, 0.717) is 30.6 Å². The van der Waals surface area contributed by atoms with Crippen LogP contribution in [0.4, 0.5) is 27.2 Å². The zero-order chi connectivity index (χ0) is 33.3. The van der Waals surface area contributed by atoms with Gasteiger partial charge in [0.15, 0.2) is 0 Å². The second-order valence-electron chi connectivity index (χ2n) is 10.5. The molecule has 0 aliphatic heterocycles. The van der Waals surface area contributed by atoms with Gasteiger partial charge in [0.1, 0.15) is 9.83 Å². The molecule has 0 aliphatic carbocycles. The largest absolute Gasteiger partial charge is 0.463 e. The molecule has 0 radical (unpaired) electrons. The van der Waals surface area contributed by atoms with Crippen LogP contribution in [-0.4, -0.2) is 43.2 Å². The van der Waals surface area contributed by atoms with Crippen LogP contribution in [0.1, 0.15) is 51.0 Å². The maximum absolute atomic E-state index is 12.0. The molecule has 0 N–H and O–H groups in total. The molecule has 246 valence electrons. The van der Waals surface area contributed by atoms with E-state index in [4.69, 9.17) is 9.47 Å². The first-order valence-electron chi connectivity index (χ1n) is 15.7. The highest BCUT2D eigenvalue weighted by Gasteiger charge is 2.11. The van der Waals surface area contributed by atoms with Gasteiger partial charge in [0.05, 0.1) is 29.3 Å². The van der Waals surface area contributed by atoms with Crippen molar-refractivity contribution in [1.82, 2.24) is 4.98 Å². The summed E-state index contributed by atoms with van der Waals surface area (Å²) in [6.45, 7) is 11.3. The number of benzene rings is 2. The Morgan fingerprint density at radius 3 is 2.13 bits per heavy atom. The van der Waals surface area contributed by atoms with Crippen LogP contribution in [0.2, 0.25) is 0 Å². The number of likely N-dealkylation sites (N-methyl/N-ethyl adjacent to an activating group) is 1. The fourth-order valence-electron chi connectivity index (χ4n) is 4.55. The first kappa shape index (κ1) is 35.5. The van der Waals surface area contributed by atoms with Crippen LogP contribution in [0, 0.1) is 0 Å². The van der Waals surface area contributed by atoms with Gasteiger partial charge in [-0.25, -0.2) is 9.78 Å². The molecule has 2 aromatic carbocycles. The molecular weight excluding hydrogens is 633 g/mol. The number of azo groups is 2. The molecule has 0 saturated heterocycles. The Bertz CT molecular complexity index is 1630. The molecule has 0 saturated carbocycles. The average Bonchev–Trinajstić information content (AvgIpc) is 3.66. The van der Waals surface area contributed by atoms with Gasteiger partial charge in [-0.15, -0.1) is 20.5 Å². The molecule has 0 aliphatic rings. The third-order valence-electron chi connectivity index (χ3n) is 7.06. The van der Waals surface area contributed by atoms with E-state index >= 15 is 0 Å². The highest BCUT2D eigenvalue weighted by atomic mass is 32.1. The Kier molecular flexibility index (Phi) is 14.6. The summed E-state index contributed by atoms with van der Waals surface area (Å²) in [4.78, 5) is 30.0. The third kappa shape index (κ3) is 11.7. The van der Waals surface area contributed by atoms with Crippen molar-refractivity contribution in [2.24, 2.45) is 20.5 Å². The van der Waals surface area contributed by atoms with Gasteiger partial charge in [-0.2, -0.15) is 0 Å². The Labute approximate surface area is 283 Å². The topological polar surface area (TPSA) is 118 Å². The summed E-state index contributed by atoms with van der Waals surface area (Å²) in [5.41, 5.74) is 3.44.